The molecule has 0 saturated heterocycles. The summed E-state index contributed by atoms with van der Waals surface area (Å²) in [6.45, 7) is 53.5. The van der Waals surface area contributed by atoms with Gasteiger partial charge in [0.15, 0.2) is 33.3 Å². The molecule has 0 spiro atoms. The Balaban J connectivity index is 2.30. The Morgan fingerprint density at radius 3 is 1.35 bits per heavy atom. The van der Waals surface area contributed by atoms with Crippen molar-refractivity contribution < 1.29 is 102 Å². The van der Waals surface area contributed by atoms with E-state index in [1.165, 1.54) is 6.08 Å². The zero-order valence-electron chi connectivity index (χ0n) is 67.2. The predicted molar refractivity (Wildman–Crippen MR) is 411 cm³/mol. The molecule has 0 aliphatic heterocycles. The van der Waals surface area contributed by atoms with E-state index in [-0.39, 0.29) is 133 Å². The molecule has 2 saturated carbocycles. The van der Waals surface area contributed by atoms with Gasteiger partial charge >= 0.3 is 53.2 Å². The third kappa shape index (κ3) is 46.0. The first-order chi connectivity index (χ1) is 47.1. The van der Waals surface area contributed by atoms with Gasteiger partial charge < -0.3 is 83.9 Å². The van der Waals surface area contributed by atoms with Crippen LogP contribution in [0.15, 0.2) is 25.0 Å². The summed E-state index contributed by atoms with van der Waals surface area (Å²) in [6.07, 6.45) is 8.08. The van der Waals surface area contributed by atoms with Crippen molar-refractivity contribution in [1.29, 1.82) is 0 Å². The number of hydrogen-bond donors (Lipinski definition) is 2. The van der Waals surface area contributed by atoms with Gasteiger partial charge in [-0.05, 0) is 208 Å². The Kier molecular flexibility index (Phi) is 41.6. The molecule has 4 unspecified atom stereocenters. The fraction of sp³-hybridized carbons (Fsp3) is 0.861. The lowest BCUT2D eigenvalue weighted by Gasteiger charge is -2.46. The minimum absolute atomic E-state index is 0.0168. The molecule has 2 aliphatic carbocycles. The van der Waals surface area contributed by atoms with Crippen LogP contribution in [0.25, 0.3) is 0 Å². The lowest BCUT2D eigenvalue weighted by atomic mass is 9.60. The summed E-state index contributed by atoms with van der Waals surface area (Å²) in [5.41, 5.74) is -2.18. The Hall–Kier alpha value is -3.36. The maximum atomic E-state index is 14.5. The smallest absolute Gasteiger partial charge is 0.407 e. The molecule has 102 heavy (non-hydrogen) atoms. The van der Waals surface area contributed by atoms with Crippen LogP contribution in [0.5, 0.6) is 0 Å². The summed E-state index contributed by atoms with van der Waals surface area (Å²) in [5.74, 6) is -1.26. The van der Waals surface area contributed by atoms with Gasteiger partial charge in [-0.15, -0.1) is 0 Å². The molecule has 594 valence electrons. The number of carbonyl (C=O) groups is 6. The average molecular weight is 1550 g/mol. The normalized spacial score (nSPS) is 19.6. The molecule has 2 amide bonds. The molecule has 0 aromatic carbocycles. The highest BCUT2D eigenvalue weighted by Gasteiger charge is 2.46. The quantitative estimate of drug-likeness (QED) is 0.0143. The average Bonchev–Trinajstić information content (AvgIpc) is 0.806. The maximum Gasteiger partial charge on any atom is 0.407 e. The second-order valence-corrected chi connectivity index (χ2v) is 60.5. The predicted octanol–water partition coefficient (Wildman–Crippen LogP) is 14.5. The van der Waals surface area contributed by atoms with Gasteiger partial charge in [0.2, 0.25) is 0 Å². The molecule has 30 heteroatoms. The van der Waals surface area contributed by atoms with E-state index in [1.807, 2.05) is 0 Å². The SMILES string of the molecule is C=CC(=C)OCCOC(=O)NC1CC(C)(C)CC(C)(CCC(=O)OCC(COCCC[Si](C)(O[Si](C)(C)C)O[Si](C)(C)C)(COCCC[Si](C)(O[Si](C)(C)C)O[Si](C)(C)C)COC(=O)CC2CC(C)(C)CC(C)(CNC(=O)OCCOCCOC(=O)CCCCC(=O)OCCOCCOC)C2)C1. The second-order valence-electron chi connectivity index (χ2n) is 34.8. The Labute approximate surface area is 620 Å². The van der Waals surface area contributed by atoms with Gasteiger partial charge in [0, 0.05) is 58.6 Å². The van der Waals surface area contributed by atoms with E-state index >= 15 is 0 Å². The number of allylic oxidation sites excluding steroid dienone is 1. The van der Waals surface area contributed by atoms with E-state index in [0.717, 1.165) is 37.8 Å². The van der Waals surface area contributed by atoms with Crippen LogP contribution in [0.1, 0.15) is 138 Å². The van der Waals surface area contributed by atoms with E-state index in [9.17, 15) is 28.8 Å². The zero-order valence-corrected chi connectivity index (χ0v) is 73.2. The van der Waals surface area contributed by atoms with Crippen LogP contribution < -0.4 is 10.6 Å². The van der Waals surface area contributed by atoms with Gasteiger partial charge in [0.05, 0.1) is 51.7 Å². The van der Waals surface area contributed by atoms with E-state index < -0.39 is 91.3 Å². The molecule has 2 fully saturated rings. The third-order valence-corrected chi connectivity index (χ3v) is 36.1. The summed E-state index contributed by atoms with van der Waals surface area (Å²) in [4.78, 5) is 79.1. The standard InChI is InChI=1S/C72H140N2O22Si6/c1-24-59(2)86-43-44-90-67(80)74-61-50-69(5,6)52-70(7,51-61)32-31-64(77)91-57-72(55-84-33-27-45-101(22,93-97(10,11)12)94-98(13,14)15,56-85-34-28-46-102(23,95-99(16,17)18)96-100(19,20)21)58-92-65(78)47-60-48-68(3,4)53-71(8,49-60)54-73-66(79)89-42-39-83-38-41-88-63(76)30-26-25-29-62(75)87-40-37-82-36-35-81-9/h24,60-61H,1-2,25-58H2,3-23H3,(H,73,79)(H,74,80). The number of nitrogens with one attached hydrogen (secondary N) is 2. The first-order valence-electron chi connectivity index (χ1n) is 37.1. The molecule has 0 radical (unpaired) electrons. The molecule has 0 aromatic heterocycles. The molecule has 2 aliphatic rings. The molecule has 0 bridgehead atoms. The molecule has 0 heterocycles. The molecule has 2 N–H and O–H groups in total. The summed E-state index contributed by atoms with van der Waals surface area (Å²) in [7, 11) is -11.6. The van der Waals surface area contributed by atoms with Crippen molar-refractivity contribution in [2.45, 2.75) is 248 Å². The highest BCUT2D eigenvalue weighted by molar-refractivity contribution is 6.88. The van der Waals surface area contributed by atoms with E-state index in [2.05, 4.69) is 157 Å². The fourth-order valence-electron chi connectivity index (χ4n) is 14.5. The topological polar surface area (TPSA) is 274 Å². The highest BCUT2D eigenvalue weighted by Crippen LogP contribution is 2.50. The lowest BCUT2D eigenvalue weighted by Crippen LogP contribution is -2.52. The number of ether oxygens (including phenoxy) is 12. The van der Waals surface area contributed by atoms with E-state index in [4.69, 9.17) is 73.3 Å². The molecular formula is C72H140N2O22Si6. The van der Waals surface area contributed by atoms with E-state index in [1.54, 1.807) is 7.11 Å². The number of rotatable bonds is 54. The summed E-state index contributed by atoms with van der Waals surface area (Å²) < 4.78 is 95.9. The molecule has 0 aromatic rings. The van der Waals surface area contributed by atoms with Crippen molar-refractivity contribution in [3.8, 4) is 0 Å². The maximum absolute atomic E-state index is 14.5. The Morgan fingerprint density at radius 1 is 0.451 bits per heavy atom. The lowest BCUT2D eigenvalue weighted by molar-refractivity contribution is -0.164. The minimum Gasteiger partial charge on any atom is -0.491 e. The number of amides is 2. The zero-order chi connectivity index (χ0) is 77.2. The Bertz CT molecular complexity index is 2460. The van der Waals surface area contributed by atoms with Crippen LogP contribution in [0, 0.1) is 33.0 Å². The van der Waals surface area contributed by atoms with Crippen molar-refractivity contribution in [3.05, 3.63) is 25.0 Å². The van der Waals surface area contributed by atoms with Crippen molar-refractivity contribution in [3.63, 3.8) is 0 Å². The highest BCUT2D eigenvalue weighted by atomic mass is 28.5. The molecule has 2 rings (SSSR count). The first kappa shape index (κ1) is 94.7. The number of esters is 4. The van der Waals surface area contributed by atoms with Gasteiger partial charge in [0.25, 0.3) is 0 Å². The number of unbranched alkanes of at least 4 members (excludes halogenated alkanes) is 1. The van der Waals surface area contributed by atoms with E-state index in [0.29, 0.717) is 90.3 Å². The van der Waals surface area contributed by atoms with Gasteiger partial charge in [-0.1, -0.05) is 54.7 Å². The molecule has 24 nitrogen and oxygen atoms in total. The number of hydrogen-bond acceptors (Lipinski definition) is 22. The number of alkyl carbamates (subject to hydrolysis) is 2. The molecule has 4 atom stereocenters. The van der Waals surface area contributed by atoms with Gasteiger partial charge in [-0.3, -0.25) is 19.2 Å². The summed E-state index contributed by atoms with van der Waals surface area (Å²) >= 11 is 0. The molecular weight excluding hydrogens is 1410 g/mol. The summed E-state index contributed by atoms with van der Waals surface area (Å²) in [6, 6.07) is 1.25. The second kappa shape index (κ2) is 44.8. The summed E-state index contributed by atoms with van der Waals surface area (Å²) in [5, 5.41) is 6.02. The van der Waals surface area contributed by atoms with Gasteiger partial charge in [0.1, 0.15) is 52.0 Å². The van der Waals surface area contributed by atoms with Crippen molar-refractivity contribution in [2.75, 3.05) is 119 Å². The van der Waals surface area contributed by atoms with Crippen LogP contribution >= 0.6 is 0 Å². The largest absolute Gasteiger partial charge is 0.491 e. The van der Waals surface area contributed by atoms with Crippen LogP contribution in [0.3, 0.4) is 0 Å². The van der Waals surface area contributed by atoms with Crippen LogP contribution in [-0.4, -0.2) is 212 Å². The fourth-order valence-corrected chi connectivity index (χ4v) is 39.5. The van der Waals surface area contributed by atoms with Crippen molar-refractivity contribution in [1.82, 2.24) is 10.6 Å². The number of methoxy groups -OCH3 is 1. The van der Waals surface area contributed by atoms with Crippen LogP contribution in [-0.2, 0) is 92.5 Å². The number of carbonyl (C=O) groups excluding carboxylic acids is 6. The van der Waals surface area contributed by atoms with Crippen molar-refractivity contribution in [2.24, 2.45) is 33.0 Å². The van der Waals surface area contributed by atoms with Crippen molar-refractivity contribution >= 4 is 86.5 Å². The van der Waals surface area contributed by atoms with Gasteiger partial charge in [-0.2, -0.15) is 0 Å². The Morgan fingerprint density at radius 2 is 0.873 bits per heavy atom. The monoisotopic (exact) mass is 1550 g/mol. The van der Waals surface area contributed by atoms with Crippen LogP contribution in [0.4, 0.5) is 9.59 Å². The van der Waals surface area contributed by atoms with Gasteiger partial charge in [-0.25, -0.2) is 9.59 Å². The minimum atomic E-state index is -2.62. The third-order valence-electron chi connectivity index (χ3n) is 16.9. The first-order valence-corrected chi connectivity index (χ1v) is 55.8. The van der Waals surface area contributed by atoms with Crippen LogP contribution in [0.2, 0.25) is 104 Å².